The minimum atomic E-state index is 0.616. The van der Waals surface area contributed by atoms with Crippen LogP contribution < -0.4 is 14.2 Å². The molecule has 2 rings (SSSR count). The van der Waals surface area contributed by atoms with Crippen LogP contribution in [0.3, 0.4) is 0 Å². The van der Waals surface area contributed by atoms with Crippen LogP contribution in [-0.4, -0.2) is 35.2 Å². The van der Waals surface area contributed by atoms with Crippen molar-refractivity contribution in [3.05, 3.63) is 24.4 Å². The van der Waals surface area contributed by atoms with Gasteiger partial charge in [0.25, 0.3) is 0 Å². The molecule has 0 radical (unpaired) electrons. The Morgan fingerprint density at radius 1 is 0.741 bits per heavy atom. The van der Waals surface area contributed by atoms with Crippen molar-refractivity contribution in [1.82, 2.24) is 15.4 Å². The zero-order chi connectivity index (χ0) is 19.3. The molecule has 0 spiro atoms. The summed E-state index contributed by atoms with van der Waals surface area (Å²) in [6, 6.07) is 5.71. The highest BCUT2D eigenvalue weighted by Crippen LogP contribution is 2.44. The van der Waals surface area contributed by atoms with E-state index in [0.717, 1.165) is 49.8 Å². The molecular weight excluding hydrogens is 342 g/mol. The van der Waals surface area contributed by atoms with Gasteiger partial charge in [0.15, 0.2) is 11.5 Å². The first-order valence-corrected chi connectivity index (χ1v) is 10.0. The van der Waals surface area contributed by atoms with Crippen LogP contribution in [0.2, 0.25) is 0 Å². The van der Waals surface area contributed by atoms with Gasteiger partial charge in [-0.25, -0.2) is 0 Å². The molecule has 0 N–H and O–H groups in total. The lowest BCUT2D eigenvalue weighted by atomic mass is 10.1. The second-order valence-corrected chi connectivity index (χ2v) is 6.38. The molecule has 27 heavy (non-hydrogen) atoms. The summed E-state index contributed by atoms with van der Waals surface area (Å²) in [7, 11) is 0. The van der Waals surface area contributed by atoms with Crippen molar-refractivity contribution in [2.45, 2.75) is 59.3 Å². The fourth-order valence-corrected chi connectivity index (χ4v) is 2.49. The number of unbranched alkanes of at least 4 members (excludes halogenated alkanes) is 3. The van der Waals surface area contributed by atoms with E-state index in [0.29, 0.717) is 37.0 Å². The molecule has 1 aromatic carbocycles. The second kappa shape index (κ2) is 12.1. The minimum absolute atomic E-state index is 0.616. The largest absolute Gasteiger partial charge is 0.490 e. The predicted octanol–water partition coefficient (Wildman–Crippen LogP) is 5.08. The lowest BCUT2D eigenvalue weighted by Crippen LogP contribution is -2.07. The maximum atomic E-state index is 6.15. The number of nitrogens with zero attached hydrogens (tertiary/aromatic N) is 3. The van der Waals surface area contributed by atoms with Gasteiger partial charge >= 0.3 is 0 Å². The van der Waals surface area contributed by atoms with E-state index in [1.165, 1.54) is 0 Å². The van der Waals surface area contributed by atoms with Gasteiger partial charge in [0.05, 0.1) is 26.0 Å². The smallest absolute Gasteiger partial charge is 0.204 e. The van der Waals surface area contributed by atoms with E-state index in [9.17, 15) is 0 Å². The predicted molar refractivity (Wildman–Crippen MR) is 106 cm³/mol. The van der Waals surface area contributed by atoms with Gasteiger partial charge in [0.1, 0.15) is 5.69 Å². The average molecular weight is 373 g/mol. The molecule has 0 saturated heterocycles. The highest BCUT2D eigenvalue weighted by atomic mass is 16.5. The fourth-order valence-electron chi connectivity index (χ4n) is 2.49. The molecule has 0 amide bonds. The maximum absolute atomic E-state index is 6.15. The van der Waals surface area contributed by atoms with Gasteiger partial charge in [-0.05, 0) is 42.7 Å². The number of benzene rings is 1. The van der Waals surface area contributed by atoms with Crippen molar-refractivity contribution in [3.8, 4) is 28.5 Å². The number of aromatic nitrogens is 3. The Balaban J connectivity index is 2.41. The Morgan fingerprint density at radius 3 is 1.96 bits per heavy atom. The number of hydrogen-bond donors (Lipinski definition) is 0. The lowest BCUT2D eigenvalue weighted by molar-refractivity contribution is 0.238. The number of rotatable bonds is 13. The standard InChI is InChI=1S/C21H31N3O3/c1-4-7-14-25-19-11-10-17(18-12-13-22-24-23-18)20(26-15-8-5-2)21(19)27-16-9-6-3/h10-13H,4-9,14-16H2,1-3H3. The summed E-state index contributed by atoms with van der Waals surface area (Å²) >= 11 is 0. The fraction of sp³-hybridized carbons (Fsp3) is 0.571. The van der Waals surface area contributed by atoms with Crippen molar-refractivity contribution in [2.75, 3.05) is 19.8 Å². The molecule has 0 unspecified atom stereocenters. The summed E-state index contributed by atoms with van der Waals surface area (Å²) in [5.74, 6) is 2.05. The van der Waals surface area contributed by atoms with Crippen LogP contribution in [-0.2, 0) is 0 Å². The third-order valence-electron chi connectivity index (χ3n) is 4.10. The zero-order valence-electron chi connectivity index (χ0n) is 16.7. The summed E-state index contributed by atoms with van der Waals surface area (Å²) in [4.78, 5) is 0. The summed E-state index contributed by atoms with van der Waals surface area (Å²) in [5.41, 5.74) is 1.55. The van der Waals surface area contributed by atoms with Crippen molar-refractivity contribution in [1.29, 1.82) is 0 Å². The number of hydrogen-bond acceptors (Lipinski definition) is 6. The van der Waals surface area contributed by atoms with Crippen LogP contribution in [0.15, 0.2) is 24.4 Å². The topological polar surface area (TPSA) is 66.4 Å². The summed E-state index contributed by atoms with van der Waals surface area (Å²) in [6.45, 7) is 8.32. The van der Waals surface area contributed by atoms with Crippen LogP contribution in [0, 0.1) is 0 Å². The van der Waals surface area contributed by atoms with Crippen LogP contribution >= 0.6 is 0 Å². The van der Waals surface area contributed by atoms with Gasteiger partial charge in [-0.1, -0.05) is 40.0 Å². The van der Waals surface area contributed by atoms with E-state index >= 15 is 0 Å². The third kappa shape index (κ3) is 6.38. The molecule has 2 aromatic rings. The highest BCUT2D eigenvalue weighted by molar-refractivity contribution is 5.73. The second-order valence-electron chi connectivity index (χ2n) is 6.38. The van der Waals surface area contributed by atoms with Gasteiger partial charge in [-0.3, -0.25) is 0 Å². The van der Waals surface area contributed by atoms with Crippen LogP contribution in [0.1, 0.15) is 59.3 Å². The Morgan fingerprint density at radius 2 is 1.37 bits per heavy atom. The van der Waals surface area contributed by atoms with E-state index < -0.39 is 0 Å². The molecule has 1 aromatic heterocycles. The normalized spacial score (nSPS) is 10.6. The van der Waals surface area contributed by atoms with Crippen LogP contribution in [0.5, 0.6) is 17.2 Å². The van der Waals surface area contributed by atoms with Crippen LogP contribution in [0.4, 0.5) is 0 Å². The first-order valence-electron chi connectivity index (χ1n) is 10.0. The molecule has 148 valence electrons. The molecule has 0 atom stereocenters. The lowest BCUT2D eigenvalue weighted by Gasteiger charge is -2.19. The van der Waals surface area contributed by atoms with Gasteiger partial charge in [0, 0.05) is 5.56 Å². The van der Waals surface area contributed by atoms with Crippen molar-refractivity contribution in [3.63, 3.8) is 0 Å². The quantitative estimate of drug-likeness (QED) is 0.456. The molecule has 0 fully saturated rings. The average Bonchev–Trinajstić information content (AvgIpc) is 2.70. The molecule has 6 heteroatoms. The molecule has 1 heterocycles. The summed E-state index contributed by atoms with van der Waals surface area (Å²) < 4.78 is 18.3. The Kier molecular flexibility index (Phi) is 9.38. The summed E-state index contributed by atoms with van der Waals surface area (Å²) in [5, 5.41) is 11.7. The van der Waals surface area contributed by atoms with Crippen molar-refractivity contribution in [2.24, 2.45) is 0 Å². The monoisotopic (exact) mass is 373 g/mol. The highest BCUT2D eigenvalue weighted by Gasteiger charge is 2.20. The van der Waals surface area contributed by atoms with E-state index in [1.54, 1.807) is 6.20 Å². The van der Waals surface area contributed by atoms with E-state index in [-0.39, 0.29) is 0 Å². The minimum Gasteiger partial charge on any atom is -0.490 e. The molecule has 0 saturated carbocycles. The molecular formula is C21H31N3O3. The SMILES string of the molecule is CCCCOc1ccc(-c2ccnnn2)c(OCCCC)c1OCCCC. The molecule has 0 bridgehead atoms. The Bertz CT molecular complexity index is 665. The molecule has 0 aliphatic carbocycles. The molecule has 0 aliphatic heterocycles. The zero-order valence-corrected chi connectivity index (χ0v) is 16.7. The van der Waals surface area contributed by atoms with Gasteiger partial charge < -0.3 is 14.2 Å². The van der Waals surface area contributed by atoms with E-state index in [1.807, 2.05) is 18.2 Å². The van der Waals surface area contributed by atoms with Gasteiger partial charge in [0.2, 0.25) is 5.75 Å². The first-order chi connectivity index (χ1) is 13.3. The number of ether oxygens (including phenoxy) is 3. The van der Waals surface area contributed by atoms with Gasteiger partial charge in [-0.2, -0.15) is 0 Å². The Labute approximate surface area is 162 Å². The van der Waals surface area contributed by atoms with E-state index in [2.05, 4.69) is 36.2 Å². The van der Waals surface area contributed by atoms with Gasteiger partial charge in [-0.15, -0.1) is 10.2 Å². The molecule has 0 aliphatic rings. The van der Waals surface area contributed by atoms with Crippen LogP contribution in [0.25, 0.3) is 11.3 Å². The van der Waals surface area contributed by atoms with E-state index in [4.69, 9.17) is 14.2 Å². The summed E-state index contributed by atoms with van der Waals surface area (Å²) in [6.07, 6.45) is 7.77. The molecule has 6 nitrogen and oxygen atoms in total. The van der Waals surface area contributed by atoms with Crippen molar-refractivity contribution < 1.29 is 14.2 Å². The maximum Gasteiger partial charge on any atom is 0.204 e. The third-order valence-corrected chi connectivity index (χ3v) is 4.10. The first kappa shape index (κ1) is 20.9. The Hall–Kier alpha value is -2.37. The van der Waals surface area contributed by atoms with Crippen molar-refractivity contribution >= 4 is 0 Å².